The van der Waals surface area contributed by atoms with Gasteiger partial charge in [-0.2, -0.15) is 0 Å². The number of thiazole rings is 1. The topological polar surface area (TPSA) is 71.1 Å². The Bertz CT molecular complexity index is 814. The van der Waals surface area contributed by atoms with Crippen LogP contribution < -0.4 is 10.6 Å². The second kappa shape index (κ2) is 6.10. The van der Waals surface area contributed by atoms with E-state index in [9.17, 15) is 8.42 Å². The highest BCUT2D eigenvalue weighted by atomic mass is 32.2. The van der Waals surface area contributed by atoms with Crippen molar-refractivity contribution in [3.05, 3.63) is 23.2 Å². The lowest BCUT2D eigenvalue weighted by atomic mass is 10.1. The zero-order valence-corrected chi connectivity index (χ0v) is 14.6. The Morgan fingerprint density at radius 3 is 3.05 bits per heavy atom. The average Bonchev–Trinajstić information content (AvgIpc) is 2.97. The molecule has 0 spiro atoms. The number of aryl methyl sites for hydroxylation is 1. The maximum absolute atomic E-state index is 11.4. The molecule has 0 saturated carbocycles. The predicted molar refractivity (Wildman–Crippen MR) is 95.3 cm³/mol. The van der Waals surface area contributed by atoms with Crippen LogP contribution in [0.2, 0.25) is 0 Å². The molecule has 2 heterocycles. The number of aromatic nitrogens is 1. The Kier molecular flexibility index (Phi) is 4.33. The van der Waals surface area contributed by atoms with Crippen LogP contribution in [0.25, 0.3) is 10.2 Å². The van der Waals surface area contributed by atoms with Gasteiger partial charge >= 0.3 is 0 Å². The Morgan fingerprint density at radius 2 is 2.32 bits per heavy atom. The van der Waals surface area contributed by atoms with E-state index in [1.54, 1.807) is 11.3 Å². The first-order chi connectivity index (χ1) is 10.4. The number of anilines is 1. The number of nitrogens with one attached hydrogen (secondary N) is 2. The van der Waals surface area contributed by atoms with Crippen molar-refractivity contribution in [2.45, 2.75) is 13.3 Å². The van der Waals surface area contributed by atoms with Gasteiger partial charge in [-0.05, 0) is 49.7 Å². The fraction of sp³-hybridized carbons (Fsp3) is 0.429. The van der Waals surface area contributed by atoms with Gasteiger partial charge in [0.15, 0.2) is 14.9 Å². The van der Waals surface area contributed by atoms with E-state index in [0.29, 0.717) is 23.8 Å². The quantitative estimate of drug-likeness (QED) is 0.824. The summed E-state index contributed by atoms with van der Waals surface area (Å²) < 4.78 is 24.0. The van der Waals surface area contributed by atoms with Crippen LogP contribution in [0.15, 0.2) is 18.2 Å². The van der Waals surface area contributed by atoms with Crippen LogP contribution in [0.4, 0.5) is 5.69 Å². The van der Waals surface area contributed by atoms with E-state index in [-0.39, 0.29) is 11.7 Å². The molecular weight excluding hydrogens is 338 g/mol. The molecule has 1 saturated heterocycles. The summed E-state index contributed by atoms with van der Waals surface area (Å²) >= 11 is 6.92. The van der Waals surface area contributed by atoms with E-state index in [0.717, 1.165) is 20.9 Å². The molecule has 3 rings (SSSR count). The number of hydrogen-bond donors (Lipinski definition) is 2. The molecule has 1 aliphatic rings. The number of hydrogen-bond acceptors (Lipinski definition) is 5. The highest BCUT2D eigenvalue weighted by Gasteiger charge is 2.27. The molecule has 5 nitrogen and oxygen atoms in total. The van der Waals surface area contributed by atoms with Crippen LogP contribution in [0.3, 0.4) is 0 Å². The third-order valence-corrected chi connectivity index (χ3v) is 6.65. The molecule has 1 aromatic heterocycles. The lowest BCUT2D eigenvalue weighted by molar-refractivity contribution is 0.574. The van der Waals surface area contributed by atoms with E-state index < -0.39 is 9.84 Å². The number of sulfone groups is 1. The minimum atomic E-state index is -2.83. The number of benzene rings is 1. The van der Waals surface area contributed by atoms with Gasteiger partial charge in [0.1, 0.15) is 0 Å². The molecule has 0 amide bonds. The summed E-state index contributed by atoms with van der Waals surface area (Å²) in [6, 6.07) is 5.93. The summed E-state index contributed by atoms with van der Waals surface area (Å²) in [6.07, 6.45) is 0.712. The minimum absolute atomic E-state index is 0.149. The van der Waals surface area contributed by atoms with Gasteiger partial charge in [-0.15, -0.1) is 11.3 Å². The van der Waals surface area contributed by atoms with Crippen LogP contribution in [0.5, 0.6) is 0 Å². The first-order valence-corrected chi connectivity index (χ1v) is 10.1. The minimum Gasteiger partial charge on any atom is -0.362 e. The molecule has 2 N–H and O–H groups in total. The van der Waals surface area contributed by atoms with Gasteiger partial charge in [0.2, 0.25) is 0 Å². The van der Waals surface area contributed by atoms with E-state index in [2.05, 4.69) is 15.6 Å². The van der Waals surface area contributed by atoms with Crippen molar-refractivity contribution in [1.29, 1.82) is 0 Å². The summed E-state index contributed by atoms with van der Waals surface area (Å²) in [5.41, 5.74) is 1.90. The third-order valence-electron chi connectivity index (χ3n) is 3.63. The van der Waals surface area contributed by atoms with Gasteiger partial charge < -0.3 is 10.6 Å². The van der Waals surface area contributed by atoms with Gasteiger partial charge in [-0.25, -0.2) is 13.4 Å². The third kappa shape index (κ3) is 3.74. The monoisotopic (exact) mass is 355 g/mol. The van der Waals surface area contributed by atoms with Crippen molar-refractivity contribution < 1.29 is 8.42 Å². The molecule has 0 radical (unpaired) electrons. The van der Waals surface area contributed by atoms with Crippen LogP contribution >= 0.6 is 23.6 Å². The fourth-order valence-electron chi connectivity index (χ4n) is 2.56. The first kappa shape index (κ1) is 15.6. The number of nitrogens with zero attached hydrogens (tertiary/aromatic N) is 1. The van der Waals surface area contributed by atoms with Gasteiger partial charge in [0.25, 0.3) is 0 Å². The van der Waals surface area contributed by atoms with Gasteiger partial charge in [0.05, 0.1) is 26.7 Å². The van der Waals surface area contributed by atoms with Crippen molar-refractivity contribution in [2.24, 2.45) is 5.92 Å². The predicted octanol–water partition coefficient (Wildman–Crippen LogP) is 2.33. The van der Waals surface area contributed by atoms with E-state index in [1.807, 2.05) is 25.1 Å². The molecule has 22 heavy (non-hydrogen) atoms. The molecule has 1 aliphatic heterocycles. The van der Waals surface area contributed by atoms with Gasteiger partial charge in [0, 0.05) is 12.2 Å². The fourth-order valence-corrected chi connectivity index (χ4v) is 5.49. The molecule has 0 aliphatic carbocycles. The van der Waals surface area contributed by atoms with Crippen molar-refractivity contribution in [2.75, 3.05) is 23.4 Å². The standard InChI is InChI=1S/C14H17N3O2S3/c1-9-16-12-3-2-11(6-13(12)21-9)17-14(20)15-7-10-4-5-22(18,19)8-10/h2-3,6,10H,4-5,7-8H2,1H3,(H2,15,17,20)/t10-/m0/s1. The molecule has 1 atom stereocenters. The average molecular weight is 356 g/mol. The molecule has 1 fully saturated rings. The highest BCUT2D eigenvalue weighted by Crippen LogP contribution is 2.24. The van der Waals surface area contributed by atoms with Crippen LogP contribution in [0.1, 0.15) is 11.4 Å². The molecule has 8 heteroatoms. The van der Waals surface area contributed by atoms with Crippen molar-refractivity contribution in [3.8, 4) is 0 Å². The smallest absolute Gasteiger partial charge is 0.170 e. The molecule has 1 aromatic carbocycles. The lowest BCUT2D eigenvalue weighted by Crippen LogP contribution is -2.33. The second-order valence-corrected chi connectivity index (χ2v) is 9.39. The summed E-state index contributed by atoms with van der Waals surface area (Å²) in [6.45, 7) is 2.58. The summed E-state index contributed by atoms with van der Waals surface area (Å²) in [5.74, 6) is 0.701. The second-order valence-electron chi connectivity index (χ2n) is 5.52. The highest BCUT2D eigenvalue weighted by molar-refractivity contribution is 7.91. The Morgan fingerprint density at radius 1 is 1.50 bits per heavy atom. The summed E-state index contributed by atoms with van der Waals surface area (Å²) in [7, 11) is -2.83. The maximum Gasteiger partial charge on any atom is 0.170 e. The van der Waals surface area contributed by atoms with E-state index in [4.69, 9.17) is 12.2 Å². The zero-order valence-electron chi connectivity index (χ0n) is 12.1. The van der Waals surface area contributed by atoms with Crippen molar-refractivity contribution >= 4 is 54.4 Å². The molecule has 0 unspecified atom stereocenters. The van der Waals surface area contributed by atoms with E-state index in [1.165, 1.54) is 0 Å². The lowest BCUT2D eigenvalue weighted by Gasteiger charge is -2.13. The van der Waals surface area contributed by atoms with Crippen molar-refractivity contribution in [3.63, 3.8) is 0 Å². The Balaban J connectivity index is 1.56. The van der Waals surface area contributed by atoms with Crippen molar-refractivity contribution in [1.82, 2.24) is 10.3 Å². The molecule has 0 bridgehead atoms. The maximum atomic E-state index is 11.4. The van der Waals surface area contributed by atoms with Crippen LogP contribution in [-0.4, -0.2) is 36.6 Å². The zero-order chi connectivity index (χ0) is 15.7. The van der Waals surface area contributed by atoms with Gasteiger partial charge in [-0.1, -0.05) is 0 Å². The Hall–Kier alpha value is -1.25. The van der Waals surface area contributed by atoms with Crippen LogP contribution in [0, 0.1) is 12.8 Å². The van der Waals surface area contributed by atoms with Gasteiger partial charge in [-0.3, -0.25) is 0 Å². The van der Waals surface area contributed by atoms with E-state index >= 15 is 0 Å². The normalized spacial score (nSPS) is 20.1. The van der Waals surface area contributed by atoms with Crippen LogP contribution in [-0.2, 0) is 9.84 Å². The Labute approximate surface area is 139 Å². The largest absolute Gasteiger partial charge is 0.362 e. The first-order valence-electron chi connectivity index (χ1n) is 7.04. The number of fused-ring (bicyclic) bond motifs is 1. The SMILES string of the molecule is Cc1nc2ccc(NC(=S)NC[C@@H]3CCS(=O)(=O)C3)cc2s1. The summed E-state index contributed by atoms with van der Waals surface area (Å²) in [4.78, 5) is 4.42. The molecular formula is C14H17N3O2S3. The molecule has 2 aromatic rings. The molecule has 118 valence electrons. The number of rotatable bonds is 3. The number of thiocarbonyl (C=S) groups is 1. The summed E-state index contributed by atoms with van der Waals surface area (Å²) in [5, 5.41) is 7.80.